The van der Waals surface area contributed by atoms with Gasteiger partial charge in [-0.3, -0.25) is 0 Å². The zero-order valence-corrected chi connectivity index (χ0v) is 8.53. The molecule has 0 amide bonds. The molecule has 0 bridgehead atoms. The van der Waals surface area contributed by atoms with Crippen LogP contribution in [0.5, 0.6) is 0 Å². The number of hydrogen-bond donors (Lipinski definition) is 1. The molecule has 84 valence electrons. The van der Waals surface area contributed by atoms with Crippen LogP contribution in [0.1, 0.15) is 29.4 Å². The summed E-state index contributed by atoms with van der Waals surface area (Å²) in [6.07, 6.45) is -3.13. The third-order valence-electron chi connectivity index (χ3n) is 2.39. The van der Waals surface area contributed by atoms with Gasteiger partial charge in [0, 0.05) is 11.7 Å². The summed E-state index contributed by atoms with van der Waals surface area (Å²) in [7, 11) is 0. The van der Waals surface area contributed by atoms with E-state index in [-0.39, 0.29) is 18.4 Å². The molecule has 1 aromatic heterocycles. The predicted octanol–water partition coefficient (Wildman–Crippen LogP) is 2.47. The number of halogens is 4. The Hall–Kier alpha value is -0.810. The summed E-state index contributed by atoms with van der Waals surface area (Å²) in [6, 6.07) is 2.27. The molecule has 2 rings (SSSR count). The predicted molar refractivity (Wildman–Crippen MR) is 51.7 cm³/mol. The highest BCUT2D eigenvalue weighted by Crippen LogP contribution is 2.33. The highest BCUT2D eigenvalue weighted by molar-refractivity contribution is 5.85. The van der Waals surface area contributed by atoms with Crippen molar-refractivity contribution in [1.82, 2.24) is 4.98 Å². The fraction of sp³-hybridized carbons (Fsp3) is 0.444. The zero-order valence-electron chi connectivity index (χ0n) is 7.71. The topological polar surface area (TPSA) is 38.9 Å². The molecule has 0 saturated carbocycles. The van der Waals surface area contributed by atoms with E-state index in [2.05, 4.69) is 4.98 Å². The highest BCUT2D eigenvalue weighted by atomic mass is 35.5. The van der Waals surface area contributed by atoms with Gasteiger partial charge in [-0.15, -0.1) is 12.4 Å². The minimum atomic E-state index is -4.36. The van der Waals surface area contributed by atoms with Crippen molar-refractivity contribution in [1.29, 1.82) is 0 Å². The molecule has 1 unspecified atom stereocenters. The van der Waals surface area contributed by atoms with E-state index in [1.54, 1.807) is 0 Å². The molecule has 0 saturated heterocycles. The summed E-state index contributed by atoms with van der Waals surface area (Å²) >= 11 is 0. The maximum absolute atomic E-state index is 12.3. The number of aromatic nitrogens is 1. The molecule has 0 aliphatic heterocycles. The first-order valence-corrected chi connectivity index (χ1v) is 4.31. The maximum Gasteiger partial charge on any atom is 0.433 e. The van der Waals surface area contributed by atoms with Gasteiger partial charge in [0.25, 0.3) is 0 Å². The van der Waals surface area contributed by atoms with E-state index in [1.807, 2.05) is 0 Å². The molecule has 2 N–H and O–H groups in total. The number of nitrogens with zero attached hydrogens (tertiary/aromatic N) is 1. The Morgan fingerprint density at radius 1 is 1.33 bits per heavy atom. The lowest BCUT2D eigenvalue weighted by molar-refractivity contribution is -0.141. The number of aryl methyl sites for hydroxylation is 1. The van der Waals surface area contributed by atoms with E-state index >= 15 is 0 Å². The van der Waals surface area contributed by atoms with Crippen LogP contribution >= 0.6 is 12.4 Å². The fourth-order valence-electron chi connectivity index (χ4n) is 1.66. The monoisotopic (exact) mass is 238 g/mol. The van der Waals surface area contributed by atoms with Crippen molar-refractivity contribution in [3.63, 3.8) is 0 Å². The molecule has 6 heteroatoms. The second-order valence-electron chi connectivity index (χ2n) is 3.38. The molecule has 1 heterocycles. The molecule has 1 aliphatic rings. The van der Waals surface area contributed by atoms with Gasteiger partial charge in [0.15, 0.2) is 0 Å². The molecular formula is C9H10ClF3N2. The van der Waals surface area contributed by atoms with E-state index in [0.29, 0.717) is 18.5 Å². The van der Waals surface area contributed by atoms with Gasteiger partial charge >= 0.3 is 6.18 Å². The first-order valence-electron chi connectivity index (χ1n) is 4.31. The number of hydrogen-bond acceptors (Lipinski definition) is 2. The smallest absolute Gasteiger partial charge is 0.324 e. The lowest BCUT2D eigenvalue weighted by Gasteiger charge is -2.08. The van der Waals surface area contributed by atoms with Crippen LogP contribution in [0.3, 0.4) is 0 Å². The molecule has 0 fully saturated rings. The SMILES string of the molecule is Cl.NC1CCc2nc(C(F)(F)F)ccc21. The molecule has 0 spiro atoms. The van der Waals surface area contributed by atoms with Crippen LogP contribution in [0, 0.1) is 0 Å². The summed E-state index contributed by atoms with van der Waals surface area (Å²) < 4.78 is 36.8. The first-order chi connectivity index (χ1) is 6.48. The number of alkyl halides is 3. The van der Waals surface area contributed by atoms with Gasteiger partial charge in [-0.2, -0.15) is 13.2 Å². The minimum absolute atomic E-state index is 0. The van der Waals surface area contributed by atoms with Crippen LogP contribution in [0.25, 0.3) is 0 Å². The van der Waals surface area contributed by atoms with E-state index in [4.69, 9.17) is 5.73 Å². The molecule has 0 radical (unpaired) electrons. The Bertz CT molecular complexity index is 365. The van der Waals surface area contributed by atoms with Crippen molar-refractivity contribution in [3.05, 3.63) is 29.1 Å². The Morgan fingerprint density at radius 2 is 2.00 bits per heavy atom. The molecule has 0 aromatic carbocycles. The largest absolute Gasteiger partial charge is 0.433 e. The van der Waals surface area contributed by atoms with Crippen molar-refractivity contribution < 1.29 is 13.2 Å². The average molecular weight is 239 g/mol. The van der Waals surface area contributed by atoms with Crippen molar-refractivity contribution in [2.45, 2.75) is 25.1 Å². The second-order valence-corrected chi connectivity index (χ2v) is 3.38. The van der Waals surface area contributed by atoms with Crippen molar-refractivity contribution in [3.8, 4) is 0 Å². The molecule has 1 atom stereocenters. The van der Waals surface area contributed by atoms with Gasteiger partial charge in [-0.1, -0.05) is 6.07 Å². The van der Waals surface area contributed by atoms with Crippen molar-refractivity contribution >= 4 is 12.4 Å². The summed E-state index contributed by atoms with van der Waals surface area (Å²) in [5, 5.41) is 0. The lowest BCUT2D eigenvalue weighted by atomic mass is 10.1. The maximum atomic E-state index is 12.3. The van der Waals surface area contributed by atoms with Gasteiger partial charge in [0.05, 0.1) is 0 Å². The number of rotatable bonds is 0. The molecule has 15 heavy (non-hydrogen) atoms. The van der Waals surface area contributed by atoms with Crippen LogP contribution < -0.4 is 5.73 Å². The van der Waals surface area contributed by atoms with Gasteiger partial charge in [0.2, 0.25) is 0 Å². The summed E-state index contributed by atoms with van der Waals surface area (Å²) in [6.45, 7) is 0. The van der Waals surface area contributed by atoms with Gasteiger partial charge in [-0.05, 0) is 24.5 Å². The second kappa shape index (κ2) is 3.98. The minimum Gasteiger partial charge on any atom is -0.324 e. The van der Waals surface area contributed by atoms with Gasteiger partial charge in [-0.25, -0.2) is 4.98 Å². The van der Waals surface area contributed by atoms with E-state index in [9.17, 15) is 13.2 Å². The van der Waals surface area contributed by atoms with Gasteiger partial charge in [0.1, 0.15) is 5.69 Å². The average Bonchev–Trinajstić information content (AvgIpc) is 2.46. The standard InChI is InChI=1S/C9H9F3N2.ClH/c10-9(11,12)8-4-1-5-6(13)2-3-7(5)14-8;/h1,4,6H,2-3,13H2;1H. The Kier molecular flexibility index (Phi) is 3.25. The fourth-order valence-corrected chi connectivity index (χ4v) is 1.66. The Labute approximate surface area is 91.1 Å². The van der Waals surface area contributed by atoms with Gasteiger partial charge < -0.3 is 5.73 Å². The number of fused-ring (bicyclic) bond motifs is 1. The summed E-state index contributed by atoms with van der Waals surface area (Å²) in [4.78, 5) is 3.57. The summed E-state index contributed by atoms with van der Waals surface area (Å²) in [5.41, 5.74) is 6.10. The quantitative estimate of drug-likeness (QED) is 0.754. The van der Waals surface area contributed by atoms with Crippen LogP contribution in [-0.2, 0) is 12.6 Å². The highest BCUT2D eigenvalue weighted by Gasteiger charge is 2.34. The summed E-state index contributed by atoms with van der Waals surface area (Å²) in [5.74, 6) is 0. The third kappa shape index (κ3) is 2.23. The Morgan fingerprint density at radius 3 is 2.60 bits per heavy atom. The zero-order chi connectivity index (χ0) is 10.3. The van der Waals surface area contributed by atoms with Crippen LogP contribution in [0.2, 0.25) is 0 Å². The molecule has 1 aliphatic carbocycles. The van der Waals surface area contributed by atoms with E-state index < -0.39 is 11.9 Å². The molecular weight excluding hydrogens is 229 g/mol. The van der Waals surface area contributed by atoms with E-state index in [1.165, 1.54) is 6.07 Å². The number of pyridine rings is 1. The van der Waals surface area contributed by atoms with E-state index in [0.717, 1.165) is 11.6 Å². The third-order valence-corrected chi connectivity index (χ3v) is 2.39. The molecule has 2 nitrogen and oxygen atoms in total. The lowest BCUT2D eigenvalue weighted by Crippen LogP contribution is -2.10. The Balaban J connectivity index is 0.00000112. The first kappa shape index (κ1) is 12.3. The normalized spacial score (nSPS) is 19.6. The van der Waals surface area contributed by atoms with Crippen LogP contribution in [-0.4, -0.2) is 4.98 Å². The van der Waals surface area contributed by atoms with Crippen LogP contribution in [0.15, 0.2) is 12.1 Å². The van der Waals surface area contributed by atoms with Crippen LogP contribution in [0.4, 0.5) is 13.2 Å². The van der Waals surface area contributed by atoms with Crippen molar-refractivity contribution in [2.24, 2.45) is 5.73 Å². The number of nitrogens with two attached hydrogens (primary N) is 1. The van der Waals surface area contributed by atoms with Crippen molar-refractivity contribution in [2.75, 3.05) is 0 Å². The molecule has 1 aromatic rings.